The summed E-state index contributed by atoms with van der Waals surface area (Å²) >= 11 is 0. The van der Waals surface area contributed by atoms with Crippen molar-refractivity contribution in [2.45, 2.75) is 13.8 Å². The molecular weight excluding hydrogens is 273 g/mol. The van der Waals surface area contributed by atoms with Crippen LogP contribution in [0.25, 0.3) is 0 Å². The number of aryl methyl sites for hydroxylation is 1. The zero-order valence-corrected chi connectivity index (χ0v) is 11.9. The third-order valence-corrected chi connectivity index (χ3v) is 2.89. The Hall–Kier alpha value is -2.56. The Morgan fingerprint density at radius 2 is 1.95 bits per heavy atom. The summed E-state index contributed by atoms with van der Waals surface area (Å²) < 4.78 is 23.8. The summed E-state index contributed by atoms with van der Waals surface area (Å²) in [5.74, 6) is -0.231. The summed E-state index contributed by atoms with van der Waals surface area (Å²) in [6, 6.07) is 8.81. The van der Waals surface area contributed by atoms with E-state index in [1.807, 2.05) is 0 Å². The summed E-state index contributed by atoms with van der Waals surface area (Å²) in [6.45, 7) is 3.80. The maximum Gasteiger partial charge on any atom is 0.338 e. The van der Waals surface area contributed by atoms with E-state index >= 15 is 0 Å². The summed E-state index contributed by atoms with van der Waals surface area (Å²) in [4.78, 5) is 11.7. The quantitative estimate of drug-likeness (QED) is 0.689. The molecule has 2 aromatic carbocycles. The minimum Gasteiger partial charge on any atom is -0.462 e. The van der Waals surface area contributed by atoms with Crippen LogP contribution in [0.15, 0.2) is 36.4 Å². The summed E-state index contributed by atoms with van der Waals surface area (Å²) in [5, 5.41) is 0. The Labute approximate surface area is 122 Å². The predicted molar refractivity (Wildman–Crippen MR) is 78.0 cm³/mol. The van der Waals surface area contributed by atoms with Crippen molar-refractivity contribution >= 4 is 11.7 Å². The van der Waals surface area contributed by atoms with Crippen LogP contribution >= 0.6 is 0 Å². The van der Waals surface area contributed by atoms with E-state index in [9.17, 15) is 9.18 Å². The molecule has 0 aliphatic carbocycles. The molecule has 0 heterocycles. The molecule has 2 rings (SSSR count). The highest BCUT2D eigenvalue weighted by molar-refractivity contribution is 5.90. The van der Waals surface area contributed by atoms with Crippen molar-refractivity contribution in [2.24, 2.45) is 0 Å². The normalized spacial score (nSPS) is 10.2. The van der Waals surface area contributed by atoms with Crippen molar-refractivity contribution in [1.82, 2.24) is 0 Å². The van der Waals surface area contributed by atoms with Gasteiger partial charge in [-0.2, -0.15) is 0 Å². The van der Waals surface area contributed by atoms with Crippen LogP contribution in [0.4, 0.5) is 10.1 Å². The standard InChI is InChI=1S/C16H16FNO3/c1-3-20-16(19)11-5-7-13(18)15(8-11)21-14-9-12(17)6-4-10(14)2/h4-9H,3,18H2,1-2H3. The number of benzene rings is 2. The van der Waals surface area contributed by atoms with Gasteiger partial charge >= 0.3 is 5.97 Å². The van der Waals surface area contributed by atoms with Gasteiger partial charge < -0.3 is 15.2 Å². The fourth-order valence-electron chi connectivity index (χ4n) is 1.77. The van der Waals surface area contributed by atoms with E-state index < -0.39 is 11.8 Å². The second-order valence-corrected chi connectivity index (χ2v) is 4.48. The molecule has 0 aliphatic rings. The fourth-order valence-corrected chi connectivity index (χ4v) is 1.77. The van der Waals surface area contributed by atoms with Crippen molar-refractivity contribution in [3.63, 3.8) is 0 Å². The Morgan fingerprint density at radius 3 is 2.67 bits per heavy atom. The molecule has 0 aliphatic heterocycles. The van der Waals surface area contributed by atoms with Gasteiger partial charge in [0.15, 0.2) is 5.75 Å². The second-order valence-electron chi connectivity index (χ2n) is 4.48. The first-order chi connectivity index (χ1) is 10.0. The average molecular weight is 289 g/mol. The van der Waals surface area contributed by atoms with E-state index in [2.05, 4.69) is 0 Å². The van der Waals surface area contributed by atoms with Crippen LogP contribution < -0.4 is 10.5 Å². The van der Waals surface area contributed by atoms with Gasteiger partial charge in [0, 0.05) is 6.07 Å². The number of hydrogen-bond donors (Lipinski definition) is 1. The maximum atomic E-state index is 13.3. The number of rotatable bonds is 4. The largest absolute Gasteiger partial charge is 0.462 e. The molecule has 2 N–H and O–H groups in total. The number of nitrogen functional groups attached to an aromatic ring is 1. The number of esters is 1. The number of ether oxygens (including phenoxy) is 2. The second kappa shape index (κ2) is 6.26. The number of carbonyl (C=O) groups excluding carboxylic acids is 1. The van der Waals surface area contributed by atoms with Crippen LogP contribution in [-0.2, 0) is 4.74 Å². The molecule has 0 radical (unpaired) electrons. The Balaban J connectivity index is 2.33. The number of carbonyl (C=O) groups is 1. The lowest BCUT2D eigenvalue weighted by Gasteiger charge is -2.12. The van der Waals surface area contributed by atoms with Gasteiger partial charge in [-0.25, -0.2) is 9.18 Å². The molecule has 0 fully saturated rings. The fraction of sp³-hybridized carbons (Fsp3) is 0.188. The molecule has 0 saturated heterocycles. The van der Waals surface area contributed by atoms with Crippen LogP contribution in [0.5, 0.6) is 11.5 Å². The van der Waals surface area contributed by atoms with Gasteiger partial charge in [0.05, 0.1) is 17.9 Å². The molecule has 0 bridgehead atoms. The van der Waals surface area contributed by atoms with E-state index in [1.165, 1.54) is 18.2 Å². The third kappa shape index (κ3) is 3.51. The van der Waals surface area contributed by atoms with Crippen molar-refractivity contribution in [3.05, 3.63) is 53.3 Å². The topological polar surface area (TPSA) is 61.5 Å². The van der Waals surface area contributed by atoms with E-state index in [0.717, 1.165) is 5.56 Å². The highest BCUT2D eigenvalue weighted by Gasteiger charge is 2.12. The number of hydrogen-bond acceptors (Lipinski definition) is 4. The Bertz CT molecular complexity index is 671. The zero-order valence-electron chi connectivity index (χ0n) is 11.9. The Kier molecular flexibility index (Phi) is 4.42. The molecule has 21 heavy (non-hydrogen) atoms. The van der Waals surface area contributed by atoms with Crippen LogP contribution in [-0.4, -0.2) is 12.6 Å². The van der Waals surface area contributed by atoms with Crippen molar-refractivity contribution in [3.8, 4) is 11.5 Å². The number of halogens is 1. The number of nitrogens with two attached hydrogens (primary N) is 1. The third-order valence-electron chi connectivity index (χ3n) is 2.89. The van der Waals surface area contributed by atoms with E-state index in [0.29, 0.717) is 17.0 Å². The zero-order chi connectivity index (χ0) is 15.4. The van der Waals surface area contributed by atoms with Crippen LogP contribution in [0.3, 0.4) is 0 Å². The van der Waals surface area contributed by atoms with E-state index in [4.69, 9.17) is 15.2 Å². The first-order valence-corrected chi connectivity index (χ1v) is 6.52. The van der Waals surface area contributed by atoms with E-state index in [-0.39, 0.29) is 12.4 Å². The average Bonchev–Trinajstić information content (AvgIpc) is 2.45. The highest BCUT2D eigenvalue weighted by atomic mass is 19.1. The number of anilines is 1. The van der Waals surface area contributed by atoms with Crippen LogP contribution in [0, 0.1) is 12.7 Å². The van der Waals surface area contributed by atoms with Crippen LogP contribution in [0.2, 0.25) is 0 Å². The molecule has 0 amide bonds. The van der Waals surface area contributed by atoms with Gasteiger partial charge in [0.2, 0.25) is 0 Å². The molecule has 0 unspecified atom stereocenters. The molecule has 0 spiro atoms. The molecule has 2 aromatic rings. The van der Waals surface area contributed by atoms with Crippen LogP contribution in [0.1, 0.15) is 22.8 Å². The lowest BCUT2D eigenvalue weighted by Crippen LogP contribution is -2.05. The highest BCUT2D eigenvalue weighted by Crippen LogP contribution is 2.31. The van der Waals surface area contributed by atoms with Crippen molar-refractivity contribution in [2.75, 3.05) is 12.3 Å². The van der Waals surface area contributed by atoms with Gasteiger partial charge in [-0.15, -0.1) is 0 Å². The first kappa shape index (κ1) is 14.8. The lowest BCUT2D eigenvalue weighted by molar-refractivity contribution is 0.0526. The van der Waals surface area contributed by atoms with Gasteiger partial charge in [0.1, 0.15) is 11.6 Å². The van der Waals surface area contributed by atoms with Gasteiger partial charge in [0.25, 0.3) is 0 Å². The summed E-state index contributed by atoms with van der Waals surface area (Å²) in [6.07, 6.45) is 0. The molecule has 0 saturated carbocycles. The maximum absolute atomic E-state index is 13.3. The predicted octanol–water partition coefficient (Wildman–Crippen LogP) is 3.69. The smallest absolute Gasteiger partial charge is 0.338 e. The van der Waals surface area contributed by atoms with Gasteiger partial charge in [-0.05, 0) is 43.7 Å². The monoisotopic (exact) mass is 289 g/mol. The lowest BCUT2D eigenvalue weighted by atomic mass is 10.2. The summed E-state index contributed by atoms with van der Waals surface area (Å²) in [7, 11) is 0. The Morgan fingerprint density at radius 1 is 1.19 bits per heavy atom. The molecule has 5 heteroatoms. The van der Waals surface area contributed by atoms with Gasteiger partial charge in [-0.1, -0.05) is 6.07 Å². The molecule has 0 aromatic heterocycles. The minimum atomic E-state index is -0.460. The molecule has 110 valence electrons. The SMILES string of the molecule is CCOC(=O)c1ccc(N)c(Oc2cc(F)ccc2C)c1. The summed E-state index contributed by atoms with van der Waals surface area (Å²) in [5.41, 5.74) is 7.27. The van der Waals surface area contributed by atoms with Crippen molar-refractivity contribution in [1.29, 1.82) is 0 Å². The van der Waals surface area contributed by atoms with Crippen molar-refractivity contribution < 1.29 is 18.7 Å². The molecule has 0 atom stereocenters. The van der Waals surface area contributed by atoms with E-state index in [1.54, 1.807) is 32.0 Å². The van der Waals surface area contributed by atoms with Gasteiger partial charge in [-0.3, -0.25) is 0 Å². The minimum absolute atomic E-state index is 0.280. The molecule has 4 nitrogen and oxygen atoms in total. The first-order valence-electron chi connectivity index (χ1n) is 6.52. The molecular formula is C16H16FNO3.